The van der Waals surface area contributed by atoms with E-state index < -0.39 is 0 Å². The first-order valence-electron chi connectivity index (χ1n) is 5.78. The smallest absolute Gasteiger partial charge is 0.251 e. The van der Waals surface area contributed by atoms with E-state index in [4.69, 9.17) is 5.73 Å². The van der Waals surface area contributed by atoms with Gasteiger partial charge in [0.25, 0.3) is 11.5 Å². The van der Waals surface area contributed by atoms with Gasteiger partial charge in [-0.2, -0.15) is 0 Å². The Hall–Kier alpha value is -1.33. The van der Waals surface area contributed by atoms with Crippen LogP contribution in [0.3, 0.4) is 0 Å². The van der Waals surface area contributed by atoms with Crippen molar-refractivity contribution < 1.29 is 4.79 Å². The molecule has 0 saturated heterocycles. The van der Waals surface area contributed by atoms with Crippen LogP contribution in [0.5, 0.6) is 0 Å². The number of amides is 1. The van der Waals surface area contributed by atoms with E-state index in [-0.39, 0.29) is 29.9 Å². The van der Waals surface area contributed by atoms with Gasteiger partial charge in [-0.1, -0.05) is 0 Å². The number of carbonyl (C=O) groups excluding carboxylic acids is 1. The van der Waals surface area contributed by atoms with Crippen LogP contribution in [0.2, 0.25) is 0 Å². The Kier molecular flexibility index (Phi) is 4.93. The van der Waals surface area contributed by atoms with E-state index in [9.17, 15) is 9.59 Å². The number of aromatic nitrogens is 1. The van der Waals surface area contributed by atoms with Gasteiger partial charge in [0.1, 0.15) is 0 Å². The Morgan fingerprint density at radius 2 is 2.28 bits per heavy atom. The zero-order valence-electron chi connectivity index (χ0n) is 10.3. The molecule has 1 unspecified atom stereocenters. The van der Waals surface area contributed by atoms with Crippen molar-refractivity contribution in [3.8, 4) is 0 Å². The lowest BCUT2D eigenvalue weighted by Crippen LogP contribution is -2.38. The van der Waals surface area contributed by atoms with Crippen molar-refractivity contribution in [3.63, 3.8) is 0 Å². The fraction of sp³-hybridized carbons (Fsp3) is 0.500. The maximum atomic E-state index is 11.7. The van der Waals surface area contributed by atoms with Gasteiger partial charge in [0.05, 0.1) is 0 Å². The summed E-state index contributed by atoms with van der Waals surface area (Å²) in [6.45, 7) is 0.471. The van der Waals surface area contributed by atoms with Crippen molar-refractivity contribution in [1.82, 2.24) is 9.88 Å². The van der Waals surface area contributed by atoms with Crippen LogP contribution >= 0.6 is 12.4 Å². The number of nitrogens with zero attached hydrogens (tertiary/aromatic N) is 1. The predicted octanol–water partition coefficient (Wildman–Crippen LogP) is 0.274. The molecule has 0 radical (unpaired) electrons. The van der Waals surface area contributed by atoms with E-state index in [2.05, 4.69) is 5.32 Å². The van der Waals surface area contributed by atoms with E-state index in [1.807, 2.05) is 0 Å². The van der Waals surface area contributed by atoms with E-state index in [1.165, 1.54) is 10.6 Å². The summed E-state index contributed by atoms with van der Waals surface area (Å²) in [6, 6.07) is 2.99. The topological polar surface area (TPSA) is 77.1 Å². The van der Waals surface area contributed by atoms with Gasteiger partial charge in [0.2, 0.25) is 0 Å². The number of rotatable bonds is 4. The van der Waals surface area contributed by atoms with E-state index in [1.54, 1.807) is 19.3 Å². The van der Waals surface area contributed by atoms with Crippen LogP contribution in [0, 0.1) is 5.92 Å². The first kappa shape index (κ1) is 14.7. The number of nitrogens with two attached hydrogens (primary N) is 1. The molecule has 1 aromatic heterocycles. The second kappa shape index (κ2) is 6.02. The number of pyridine rings is 1. The highest BCUT2D eigenvalue weighted by atomic mass is 35.5. The summed E-state index contributed by atoms with van der Waals surface area (Å²) >= 11 is 0. The lowest BCUT2D eigenvalue weighted by molar-refractivity contribution is 0.0950. The highest BCUT2D eigenvalue weighted by Gasteiger charge is 2.28. The molecule has 1 aromatic rings. The van der Waals surface area contributed by atoms with E-state index in [0.717, 1.165) is 12.8 Å². The SMILES string of the molecule is Cl.Cn1ccc(C(=O)NCC(N)C2CC2)cc1=O. The molecule has 2 rings (SSSR count). The maximum Gasteiger partial charge on any atom is 0.251 e. The minimum absolute atomic E-state index is 0. The van der Waals surface area contributed by atoms with Gasteiger partial charge in [-0.15, -0.1) is 12.4 Å². The first-order chi connectivity index (χ1) is 8.08. The van der Waals surface area contributed by atoms with Gasteiger partial charge >= 0.3 is 0 Å². The standard InChI is InChI=1S/C12H17N3O2.ClH/c1-15-5-4-9(6-11(15)16)12(17)14-7-10(13)8-2-3-8;/h4-6,8,10H,2-3,7,13H2,1H3,(H,14,17);1H. The Morgan fingerprint density at radius 3 is 2.83 bits per heavy atom. The molecule has 0 bridgehead atoms. The van der Waals surface area contributed by atoms with Crippen molar-refractivity contribution in [1.29, 1.82) is 0 Å². The van der Waals surface area contributed by atoms with Crippen molar-refractivity contribution in [2.75, 3.05) is 6.54 Å². The third-order valence-corrected chi connectivity index (χ3v) is 3.09. The number of halogens is 1. The molecule has 1 atom stereocenters. The zero-order valence-corrected chi connectivity index (χ0v) is 11.1. The Balaban J connectivity index is 0.00000162. The summed E-state index contributed by atoms with van der Waals surface area (Å²) < 4.78 is 1.42. The number of hydrogen-bond acceptors (Lipinski definition) is 3. The summed E-state index contributed by atoms with van der Waals surface area (Å²) in [5, 5.41) is 2.75. The third kappa shape index (κ3) is 3.58. The van der Waals surface area contributed by atoms with Crippen LogP contribution in [-0.2, 0) is 7.05 Å². The molecular weight excluding hydrogens is 254 g/mol. The number of carbonyl (C=O) groups is 1. The molecule has 0 aliphatic heterocycles. The van der Waals surface area contributed by atoms with Crippen LogP contribution in [0.4, 0.5) is 0 Å². The lowest BCUT2D eigenvalue weighted by Gasteiger charge is -2.11. The van der Waals surface area contributed by atoms with E-state index >= 15 is 0 Å². The zero-order chi connectivity index (χ0) is 12.4. The molecule has 1 fully saturated rings. The van der Waals surface area contributed by atoms with Crippen molar-refractivity contribution >= 4 is 18.3 Å². The lowest BCUT2D eigenvalue weighted by atomic mass is 10.2. The van der Waals surface area contributed by atoms with Gasteiger partial charge in [-0.05, 0) is 24.8 Å². The van der Waals surface area contributed by atoms with Crippen LogP contribution in [0.1, 0.15) is 23.2 Å². The normalized spacial score (nSPS) is 15.7. The van der Waals surface area contributed by atoms with E-state index in [0.29, 0.717) is 18.0 Å². The number of aryl methyl sites for hydroxylation is 1. The second-order valence-corrected chi connectivity index (χ2v) is 4.58. The first-order valence-corrected chi connectivity index (χ1v) is 5.78. The largest absolute Gasteiger partial charge is 0.350 e. The highest BCUT2D eigenvalue weighted by molar-refractivity contribution is 5.93. The molecule has 1 saturated carbocycles. The van der Waals surface area contributed by atoms with Crippen molar-refractivity contribution in [2.24, 2.45) is 18.7 Å². The van der Waals surface area contributed by atoms with Gasteiger partial charge in [0, 0.05) is 37.5 Å². The molecule has 0 spiro atoms. The quantitative estimate of drug-likeness (QED) is 0.825. The fourth-order valence-electron chi connectivity index (χ4n) is 1.69. The average Bonchev–Trinajstić information content (AvgIpc) is 3.13. The molecule has 0 aromatic carbocycles. The molecule has 6 heteroatoms. The minimum Gasteiger partial charge on any atom is -0.350 e. The molecule has 100 valence electrons. The molecule has 1 aliphatic rings. The summed E-state index contributed by atoms with van der Waals surface area (Å²) in [6.07, 6.45) is 3.89. The molecule has 18 heavy (non-hydrogen) atoms. The number of nitrogens with one attached hydrogen (secondary N) is 1. The summed E-state index contributed by atoms with van der Waals surface area (Å²) in [5.41, 5.74) is 6.07. The molecule has 5 nitrogen and oxygen atoms in total. The van der Waals surface area contributed by atoms with Crippen LogP contribution < -0.4 is 16.6 Å². The fourth-order valence-corrected chi connectivity index (χ4v) is 1.69. The monoisotopic (exact) mass is 271 g/mol. The Labute approximate surface area is 112 Å². The summed E-state index contributed by atoms with van der Waals surface area (Å²) in [7, 11) is 1.65. The average molecular weight is 272 g/mol. The molecule has 1 amide bonds. The maximum absolute atomic E-state index is 11.7. The molecule has 1 heterocycles. The van der Waals surface area contributed by atoms with Crippen LogP contribution in [0.15, 0.2) is 23.1 Å². The third-order valence-electron chi connectivity index (χ3n) is 3.09. The molecular formula is C12H18ClN3O2. The van der Waals surface area contributed by atoms with Crippen LogP contribution in [0.25, 0.3) is 0 Å². The number of hydrogen-bond donors (Lipinski definition) is 2. The Bertz CT molecular complexity index is 482. The van der Waals surface area contributed by atoms with Gasteiger partial charge in [-0.25, -0.2) is 0 Å². The van der Waals surface area contributed by atoms with Crippen molar-refractivity contribution in [3.05, 3.63) is 34.2 Å². The highest BCUT2D eigenvalue weighted by Crippen LogP contribution is 2.31. The predicted molar refractivity (Wildman–Crippen MR) is 72.0 cm³/mol. The van der Waals surface area contributed by atoms with Crippen molar-refractivity contribution in [2.45, 2.75) is 18.9 Å². The van der Waals surface area contributed by atoms with Gasteiger partial charge < -0.3 is 15.6 Å². The van der Waals surface area contributed by atoms with Gasteiger partial charge in [0.15, 0.2) is 0 Å². The summed E-state index contributed by atoms with van der Waals surface area (Å²) in [4.78, 5) is 23.1. The molecule has 3 N–H and O–H groups in total. The summed E-state index contributed by atoms with van der Waals surface area (Å²) in [5.74, 6) is 0.317. The molecule has 1 aliphatic carbocycles. The van der Waals surface area contributed by atoms with Gasteiger partial charge in [-0.3, -0.25) is 9.59 Å². The van der Waals surface area contributed by atoms with Crippen LogP contribution in [-0.4, -0.2) is 23.1 Å². The second-order valence-electron chi connectivity index (χ2n) is 4.58. The Morgan fingerprint density at radius 1 is 1.61 bits per heavy atom. The minimum atomic E-state index is -0.237.